The molecule has 0 radical (unpaired) electrons. The van der Waals surface area contributed by atoms with Crippen LogP contribution in [0, 0.1) is 3.57 Å². The van der Waals surface area contributed by atoms with Crippen molar-refractivity contribution in [3.05, 3.63) is 33.4 Å². The number of nitrogens with zero attached hydrogens (tertiary/aromatic N) is 1. The molecule has 1 amide bonds. The third-order valence-electron chi connectivity index (χ3n) is 4.76. The molecule has 1 N–H and O–H groups in total. The molecule has 0 saturated heterocycles. The van der Waals surface area contributed by atoms with Crippen LogP contribution in [0.15, 0.2) is 24.3 Å². The van der Waals surface area contributed by atoms with Gasteiger partial charge in [0.25, 0.3) is 0 Å². The van der Waals surface area contributed by atoms with E-state index in [2.05, 4.69) is 29.5 Å². The Bertz CT molecular complexity index is 531. The highest BCUT2D eigenvalue weighted by Gasteiger charge is 2.46. The Labute approximate surface area is 152 Å². The van der Waals surface area contributed by atoms with Crippen molar-refractivity contribution in [3.63, 3.8) is 0 Å². The average molecular weight is 431 g/mol. The van der Waals surface area contributed by atoms with Crippen molar-refractivity contribution in [1.82, 2.24) is 4.90 Å². The van der Waals surface area contributed by atoms with Gasteiger partial charge in [-0.05, 0) is 47.9 Å². The fourth-order valence-corrected chi connectivity index (χ4v) is 4.57. The van der Waals surface area contributed by atoms with Gasteiger partial charge in [0.1, 0.15) is 0 Å². The van der Waals surface area contributed by atoms with E-state index in [0.717, 1.165) is 41.2 Å². The zero-order chi connectivity index (χ0) is 16.9. The lowest BCUT2D eigenvalue weighted by molar-refractivity contribution is -0.153. The maximum Gasteiger partial charge on any atom is 0.410 e. The summed E-state index contributed by atoms with van der Waals surface area (Å²) < 4.78 is 7.01. The van der Waals surface area contributed by atoms with Gasteiger partial charge < -0.3 is 9.84 Å². The first-order valence-electron chi connectivity index (χ1n) is 8.39. The molecule has 128 valence electrons. The minimum atomic E-state index is -0.902. The first kappa shape index (κ1) is 18.5. The topological polar surface area (TPSA) is 49.8 Å². The van der Waals surface area contributed by atoms with Gasteiger partial charge >= 0.3 is 6.09 Å². The van der Waals surface area contributed by atoms with Crippen molar-refractivity contribution in [2.75, 3.05) is 7.11 Å². The molecule has 1 saturated carbocycles. The van der Waals surface area contributed by atoms with Gasteiger partial charge in [0.05, 0.1) is 0 Å². The molecule has 1 aromatic rings. The van der Waals surface area contributed by atoms with Gasteiger partial charge in [0, 0.05) is 22.3 Å². The highest BCUT2D eigenvalue weighted by molar-refractivity contribution is 14.1. The zero-order valence-electron chi connectivity index (χ0n) is 13.9. The van der Waals surface area contributed by atoms with E-state index in [1.54, 1.807) is 12.0 Å². The van der Waals surface area contributed by atoms with Crippen molar-refractivity contribution >= 4 is 28.7 Å². The second-order valence-corrected chi connectivity index (χ2v) is 7.32. The van der Waals surface area contributed by atoms with Crippen molar-refractivity contribution in [3.8, 4) is 0 Å². The molecular weight excluding hydrogens is 405 g/mol. The highest BCUT2D eigenvalue weighted by atomic mass is 127. The lowest BCUT2D eigenvalue weighted by Gasteiger charge is -2.47. The molecule has 1 atom stereocenters. The van der Waals surface area contributed by atoms with Crippen LogP contribution < -0.4 is 0 Å². The van der Waals surface area contributed by atoms with Crippen LogP contribution in [0.1, 0.15) is 57.4 Å². The van der Waals surface area contributed by atoms with E-state index >= 15 is 0 Å². The van der Waals surface area contributed by atoms with Gasteiger partial charge in [-0.25, -0.2) is 4.79 Å². The largest absolute Gasteiger partial charge is 0.465 e. The summed E-state index contributed by atoms with van der Waals surface area (Å²) >= 11 is 2.28. The molecule has 0 bridgehead atoms. The number of benzene rings is 1. The number of amides is 1. The minimum absolute atomic E-state index is 0.0313. The Hall–Kier alpha value is -0.820. The molecule has 0 spiro atoms. The smallest absolute Gasteiger partial charge is 0.410 e. The maximum absolute atomic E-state index is 12.2. The predicted molar refractivity (Wildman–Crippen MR) is 99.5 cm³/mol. The Morgan fingerprint density at radius 3 is 2.52 bits per heavy atom. The van der Waals surface area contributed by atoms with E-state index in [9.17, 15) is 9.90 Å². The third-order valence-corrected chi connectivity index (χ3v) is 5.70. The summed E-state index contributed by atoms with van der Waals surface area (Å²) in [7, 11) is 1.64. The number of halogens is 1. The van der Waals surface area contributed by atoms with Crippen molar-refractivity contribution < 1.29 is 14.6 Å². The van der Waals surface area contributed by atoms with E-state index in [-0.39, 0.29) is 6.04 Å². The summed E-state index contributed by atoms with van der Waals surface area (Å²) in [5.74, 6) is 0. The van der Waals surface area contributed by atoms with Gasteiger partial charge in [-0.1, -0.05) is 50.8 Å². The van der Waals surface area contributed by atoms with Crippen LogP contribution in [-0.4, -0.2) is 29.3 Å². The third kappa shape index (κ3) is 3.82. The Morgan fingerprint density at radius 2 is 2.00 bits per heavy atom. The molecule has 0 aliphatic heterocycles. The zero-order valence-corrected chi connectivity index (χ0v) is 16.1. The quantitative estimate of drug-likeness (QED) is 0.498. The van der Waals surface area contributed by atoms with E-state index in [0.29, 0.717) is 6.42 Å². The number of hydrogen-bond acceptors (Lipinski definition) is 2. The van der Waals surface area contributed by atoms with Crippen LogP contribution in [0.3, 0.4) is 0 Å². The fraction of sp³-hybridized carbons (Fsp3) is 0.611. The number of carboxylic acid groups (broad SMARTS) is 1. The molecule has 2 rings (SSSR count). The SMILES string of the molecule is CCC[C@](OC)(c1ccccc1I)N(C(=O)O)C1CCCCC1. The summed E-state index contributed by atoms with van der Waals surface area (Å²) in [5, 5.41) is 10.0. The van der Waals surface area contributed by atoms with Crippen LogP contribution in [0.25, 0.3) is 0 Å². The van der Waals surface area contributed by atoms with Crippen LogP contribution in [-0.2, 0) is 10.5 Å². The average Bonchev–Trinajstić information content (AvgIpc) is 2.55. The summed E-state index contributed by atoms with van der Waals surface area (Å²) in [6.45, 7) is 2.07. The van der Waals surface area contributed by atoms with Gasteiger partial charge in [-0.3, -0.25) is 4.90 Å². The molecule has 1 aliphatic carbocycles. The second kappa shape index (κ2) is 8.33. The lowest BCUT2D eigenvalue weighted by atomic mass is 9.89. The fourth-order valence-electron chi connectivity index (χ4n) is 3.76. The van der Waals surface area contributed by atoms with Crippen LogP contribution in [0.2, 0.25) is 0 Å². The van der Waals surface area contributed by atoms with Gasteiger partial charge in [-0.15, -0.1) is 0 Å². The van der Waals surface area contributed by atoms with Crippen molar-refractivity contribution in [1.29, 1.82) is 0 Å². The van der Waals surface area contributed by atoms with E-state index < -0.39 is 11.8 Å². The predicted octanol–water partition coefficient (Wildman–Crippen LogP) is 5.20. The second-order valence-electron chi connectivity index (χ2n) is 6.16. The summed E-state index contributed by atoms with van der Waals surface area (Å²) in [6.07, 6.45) is 5.85. The first-order chi connectivity index (χ1) is 11.1. The Morgan fingerprint density at radius 1 is 1.35 bits per heavy atom. The van der Waals surface area contributed by atoms with E-state index in [1.807, 2.05) is 24.3 Å². The maximum atomic E-state index is 12.2. The summed E-state index contributed by atoms with van der Waals surface area (Å²) in [4.78, 5) is 13.8. The van der Waals surface area contributed by atoms with Gasteiger partial charge in [-0.2, -0.15) is 0 Å². The van der Waals surface area contributed by atoms with E-state index in [1.165, 1.54) is 6.42 Å². The summed E-state index contributed by atoms with van der Waals surface area (Å²) in [5.41, 5.74) is 0.0540. The van der Waals surface area contributed by atoms with Gasteiger partial charge in [0.15, 0.2) is 5.72 Å². The highest BCUT2D eigenvalue weighted by Crippen LogP contribution is 2.41. The van der Waals surface area contributed by atoms with Crippen LogP contribution >= 0.6 is 22.6 Å². The number of rotatable bonds is 6. The molecule has 5 heteroatoms. The molecular formula is C18H26INO3. The van der Waals surface area contributed by atoms with Crippen LogP contribution in [0.4, 0.5) is 4.79 Å². The van der Waals surface area contributed by atoms with E-state index in [4.69, 9.17) is 4.74 Å². The number of methoxy groups -OCH3 is 1. The van der Waals surface area contributed by atoms with Crippen molar-refractivity contribution in [2.24, 2.45) is 0 Å². The number of ether oxygens (including phenoxy) is 1. The number of carbonyl (C=O) groups is 1. The lowest BCUT2D eigenvalue weighted by Crippen LogP contribution is -2.56. The standard InChI is InChI=1S/C18H26INO3/c1-3-13-18(23-2,15-11-7-8-12-16(15)19)20(17(21)22)14-9-5-4-6-10-14/h7-8,11-12,14H,3-6,9-10,13H2,1-2H3,(H,21,22)/t18-/m0/s1. The molecule has 0 heterocycles. The monoisotopic (exact) mass is 431 g/mol. The van der Waals surface area contributed by atoms with Crippen molar-refractivity contribution in [2.45, 2.75) is 63.6 Å². The Kier molecular flexibility index (Phi) is 6.71. The number of hydrogen-bond donors (Lipinski definition) is 1. The molecule has 4 nitrogen and oxygen atoms in total. The van der Waals surface area contributed by atoms with Gasteiger partial charge in [0.2, 0.25) is 0 Å². The molecule has 23 heavy (non-hydrogen) atoms. The molecule has 1 aromatic carbocycles. The summed E-state index contributed by atoms with van der Waals surface area (Å²) in [6, 6.07) is 7.98. The molecule has 0 aromatic heterocycles. The molecule has 1 aliphatic rings. The van der Waals surface area contributed by atoms with Crippen LogP contribution in [0.5, 0.6) is 0 Å². The first-order valence-corrected chi connectivity index (χ1v) is 9.47. The molecule has 1 fully saturated rings. The Balaban J connectivity index is 2.53. The normalized spacial score (nSPS) is 18.4. The minimum Gasteiger partial charge on any atom is -0.465 e. The molecule has 0 unspecified atom stereocenters.